The first-order chi connectivity index (χ1) is 8.68. The lowest BCUT2D eigenvalue weighted by Gasteiger charge is -2.33. The summed E-state index contributed by atoms with van der Waals surface area (Å²) >= 11 is 0. The summed E-state index contributed by atoms with van der Waals surface area (Å²) in [5.41, 5.74) is 4.00. The molecule has 1 aliphatic rings. The summed E-state index contributed by atoms with van der Waals surface area (Å²) in [5, 5.41) is 6.99. The third-order valence-electron chi connectivity index (χ3n) is 3.97. The van der Waals surface area contributed by atoms with E-state index in [1.165, 1.54) is 16.8 Å². The van der Waals surface area contributed by atoms with Crippen LogP contribution >= 0.6 is 0 Å². The van der Waals surface area contributed by atoms with Crippen molar-refractivity contribution in [1.82, 2.24) is 10.2 Å². The van der Waals surface area contributed by atoms with E-state index in [0.717, 1.165) is 32.7 Å². The molecule has 18 heavy (non-hydrogen) atoms. The number of hydrogen-bond acceptors (Lipinski definition) is 3. The number of nitrogens with zero attached hydrogens (tertiary/aromatic N) is 1. The Morgan fingerprint density at radius 1 is 1.28 bits per heavy atom. The van der Waals surface area contributed by atoms with Crippen LogP contribution in [0.15, 0.2) is 18.2 Å². The molecule has 1 aromatic carbocycles. The molecule has 2 N–H and O–H groups in total. The zero-order valence-corrected chi connectivity index (χ0v) is 11.8. The van der Waals surface area contributed by atoms with Gasteiger partial charge in [0.1, 0.15) is 0 Å². The fraction of sp³-hybridized carbons (Fsp3) is 0.600. The lowest BCUT2D eigenvalue weighted by Crippen LogP contribution is -2.49. The molecule has 1 fully saturated rings. The van der Waals surface area contributed by atoms with Crippen molar-refractivity contribution >= 4 is 5.69 Å². The van der Waals surface area contributed by atoms with Crippen LogP contribution in [0.3, 0.4) is 0 Å². The molecule has 1 aliphatic heterocycles. The van der Waals surface area contributed by atoms with E-state index in [9.17, 15) is 0 Å². The van der Waals surface area contributed by atoms with Gasteiger partial charge in [0.05, 0.1) is 0 Å². The van der Waals surface area contributed by atoms with Gasteiger partial charge < -0.3 is 10.6 Å². The summed E-state index contributed by atoms with van der Waals surface area (Å²) in [4.78, 5) is 2.55. The summed E-state index contributed by atoms with van der Waals surface area (Å²) in [6.07, 6.45) is 0. The van der Waals surface area contributed by atoms with E-state index in [-0.39, 0.29) is 0 Å². The van der Waals surface area contributed by atoms with E-state index in [1.54, 1.807) is 0 Å². The number of hydrogen-bond donors (Lipinski definition) is 2. The van der Waals surface area contributed by atoms with Crippen molar-refractivity contribution in [2.45, 2.75) is 26.8 Å². The van der Waals surface area contributed by atoms with E-state index < -0.39 is 0 Å². The highest BCUT2D eigenvalue weighted by Gasteiger charge is 2.16. The van der Waals surface area contributed by atoms with Gasteiger partial charge in [-0.05, 0) is 38.0 Å². The van der Waals surface area contributed by atoms with Gasteiger partial charge in [-0.3, -0.25) is 4.90 Å². The number of nitrogens with one attached hydrogen (secondary N) is 2. The minimum absolute atomic E-state index is 0.590. The first-order valence-electron chi connectivity index (χ1n) is 6.93. The molecule has 1 saturated heterocycles. The van der Waals surface area contributed by atoms with E-state index in [2.05, 4.69) is 54.5 Å². The minimum atomic E-state index is 0.590. The monoisotopic (exact) mass is 247 g/mol. The lowest BCUT2D eigenvalue weighted by molar-refractivity contribution is 0.191. The smallest absolute Gasteiger partial charge is 0.0373 e. The van der Waals surface area contributed by atoms with Crippen molar-refractivity contribution in [1.29, 1.82) is 0 Å². The maximum Gasteiger partial charge on any atom is 0.0373 e. The maximum atomic E-state index is 3.59. The molecule has 2 rings (SSSR count). The number of piperazine rings is 1. The molecular formula is C15H25N3. The predicted molar refractivity (Wildman–Crippen MR) is 78.3 cm³/mol. The standard InChI is InChI=1S/C15H25N3/c1-12-5-4-6-15(14(12)3)17-11-13(2)18-9-7-16-8-10-18/h4-6,13,16-17H,7-11H2,1-3H3. The van der Waals surface area contributed by atoms with Crippen molar-refractivity contribution in [2.24, 2.45) is 0 Å². The maximum absolute atomic E-state index is 3.59. The Hall–Kier alpha value is -1.06. The Labute approximate surface area is 111 Å². The summed E-state index contributed by atoms with van der Waals surface area (Å²) < 4.78 is 0. The van der Waals surface area contributed by atoms with E-state index in [4.69, 9.17) is 0 Å². The van der Waals surface area contributed by atoms with Crippen molar-refractivity contribution in [3.05, 3.63) is 29.3 Å². The molecule has 0 spiro atoms. The van der Waals surface area contributed by atoms with Crippen LogP contribution in [-0.2, 0) is 0 Å². The molecule has 1 heterocycles. The number of benzene rings is 1. The molecule has 3 nitrogen and oxygen atoms in total. The molecular weight excluding hydrogens is 222 g/mol. The average molecular weight is 247 g/mol. The molecule has 0 aliphatic carbocycles. The molecule has 100 valence electrons. The van der Waals surface area contributed by atoms with Gasteiger partial charge in [0.2, 0.25) is 0 Å². The topological polar surface area (TPSA) is 27.3 Å². The van der Waals surface area contributed by atoms with Crippen LogP contribution in [-0.4, -0.2) is 43.7 Å². The SMILES string of the molecule is Cc1cccc(NCC(C)N2CCNCC2)c1C. The van der Waals surface area contributed by atoms with Crippen LogP contribution in [0.4, 0.5) is 5.69 Å². The van der Waals surface area contributed by atoms with Crippen molar-refractivity contribution < 1.29 is 0 Å². The van der Waals surface area contributed by atoms with E-state index in [1.807, 2.05) is 0 Å². The summed E-state index contributed by atoms with van der Waals surface area (Å²) in [7, 11) is 0. The second kappa shape index (κ2) is 6.21. The zero-order valence-electron chi connectivity index (χ0n) is 11.8. The first kappa shape index (κ1) is 13.4. The Bertz CT molecular complexity index is 383. The highest BCUT2D eigenvalue weighted by molar-refractivity contribution is 5.53. The second-order valence-electron chi connectivity index (χ2n) is 5.26. The molecule has 1 aromatic rings. The molecule has 0 aromatic heterocycles. The second-order valence-corrected chi connectivity index (χ2v) is 5.26. The zero-order chi connectivity index (χ0) is 13.0. The fourth-order valence-corrected chi connectivity index (χ4v) is 2.45. The van der Waals surface area contributed by atoms with Crippen LogP contribution in [0, 0.1) is 13.8 Å². The van der Waals surface area contributed by atoms with E-state index >= 15 is 0 Å². The Balaban J connectivity index is 1.88. The van der Waals surface area contributed by atoms with Gasteiger partial charge in [-0.2, -0.15) is 0 Å². The van der Waals surface area contributed by atoms with Gasteiger partial charge in [-0.15, -0.1) is 0 Å². The van der Waals surface area contributed by atoms with Crippen LogP contribution < -0.4 is 10.6 Å². The predicted octanol–water partition coefficient (Wildman–Crippen LogP) is 2.01. The molecule has 0 saturated carbocycles. The molecule has 0 amide bonds. The van der Waals surface area contributed by atoms with Gasteiger partial charge in [-0.1, -0.05) is 12.1 Å². The lowest BCUT2D eigenvalue weighted by atomic mass is 10.1. The Kier molecular flexibility index (Phi) is 4.61. The van der Waals surface area contributed by atoms with Gasteiger partial charge >= 0.3 is 0 Å². The van der Waals surface area contributed by atoms with Gasteiger partial charge in [0.15, 0.2) is 0 Å². The van der Waals surface area contributed by atoms with Crippen LogP contribution in [0.2, 0.25) is 0 Å². The molecule has 0 radical (unpaired) electrons. The van der Waals surface area contributed by atoms with Crippen molar-refractivity contribution in [3.8, 4) is 0 Å². The molecule has 1 unspecified atom stereocenters. The van der Waals surface area contributed by atoms with Crippen molar-refractivity contribution in [2.75, 3.05) is 38.0 Å². The summed E-state index contributed by atoms with van der Waals surface area (Å²) in [6, 6.07) is 7.06. The van der Waals surface area contributed by atoms with Crippen LogP contribution in [0.1, 0.15) is 18.1 Å². The normalized spacial score (nSPS) is 18.6. The van der Waals surface area contributed by atoms with E-state index in [0.29, 0.717) is 6.04 Å². The Morgan fingerprint density at radius 3 is 2.72 bits per heavy atom. The third-order valence-corrected chi connectivity index (χ3v) is 3.97. The Morgan fingerprint density at radius 2 is 2.00 bits per heavy atom. The van der Waals surface area contributed by atoms with Gasteiger partial charge in [0, 0.05) is 44.5 Å². The fourth-order valence-electron chi connectivity index (χ4n) is 2.45. The number of aryl methyl sites for hydroxylation is 1. The van der Waals surface area contributed by atoms with Crippen LogP contribution in [0.25, 0.3) is 0 Å². The van der Waals surface area contributed by atoms with Crippen LogP contribution in [0.5, 0.6) is 0 Å². The molecule has 1 atom stereocenters. The van der Waals surface area contributed by atoms with Crippen molar-refractivity contribution in [3.63, 3.8) is 0 Å². The largest absolute Gasteiger partial charge is 0.383 e. The summed E-state index contributed by atoms with van der Waals surface area (Å²) in [5.74, 6) is 0. The molecule has 3 heteroatoms. The third kappa shape index (κ3) is 3.24. The minimum Gasteiger partial charge on any atom is -0.383 e. The molecule has 0 bridgehead atoms. The quantitative estimate of drug-likeness (QED) is 0.852. The number of rotatable bonds is 4. The average Bonchev–Trinajstić information content (AvgIpc) is 2.41. The highest BCUT2D eigenvalue weighted by atomic mass is 15.2. The van der Waals surface area contributed by atoms with Gasteiger partial charge in [0.25, 0.3) is 0 Å². The highest BCUT2D eigenvalue weighted by Crippen LogP contribution is 2.18. The summed E-state index contributed by atoms with van der Waals surface area (Å²) in [6.45, 7) is 12.2. The van der Waals surface area contributed by atoms with Gasteiger partial charge in [-0.25, -0.2) is 0 Å². The number of anilines is 1. The first-order valence-corrected chi connectivity index (χ1v) is 6.93.